The number of fused-ring (bicyclic) bond motifs is 13. The fourth-order valence-electron chi connectivity index (χ4n) is 9.30. The molecule has 0 N–H and O–H groups in total. The fraction of sp³-hybridized carbons (Fsp3) is 0.0196. The Kier molecular flexibility index (Phi) is 6.23. The average molecular weight is 660 g/mol. The van der Waals surface area contributed by atoms with Crippen LogP contribution in [0.5, 0.6) is 0 Å². The first-order valence-corrected chi connectivity index (χ1v) is 18.1. The Balaban J connectivity index is 1.09. The van der Waals surface area contributed by atoms with Gasteiger partial charge in [-0.15, -0.1) is 0 Å². The van der Waals surface area contributed by atoms with Crippen LogP contribution in [-0.2, 0) is 5.41 Å². The molecule has 0 saturated carbocycles. The Morgan fingerprint density at radius 2 is 0.904 bits per heavy atom. The van der Waals surface area contributed by atoms with E-state index < -0.39 is 5.41 Å². The standard InChI is InChI=1S/C51H33N/c1-2-16-38(17-3-1)52(49-24-12-15-35-13-4-6-18-40(35)49)39-29-25-34(26-30-39)37-27-31-43-42-20-8-10-22-45(42)51(48(43)33-37)46-23-11-9-21-44(46)50-41-19-7-5-14-36(41)28-32-47(50)51/h1-33H. The largest absolute Gasteiger partial charge is 0.310 e. The van der Waals surface area contributed by atoms with Crippen LogP contribution in [0.25, 0.3) is 54.9 Å². The molecule has 1 unspecified atom stereocenters. The monoisotopic (exact) mass is 659 g/mol. The molecule has 1 nitrogen and oxygen atoms in total. The van der Waals surface area contributed by atoms with Crippen molar-refractivity contribution in [2.45, 2.75) is 5.41 Å². The zero-order valence-electron chi connectivity index (χ0n) is 28.5. The van der Waals surface area contributed by atoms with Crippen LogP contribution in [0, 0.1) is 0 Å². The molecule has 1 spiro atoms. The maximum atomic E-state index is 2.48. The molecule has 0 aliphatic heterocycles. The topological polar surface area (TPSA) is 3.24 Å². The SMILES string of the molecule is c1ccc(N(c2ccc(-c3ccc4c(c3)C3(c5ccccc5-4)c4ccccc4-c4c3ccc3ccccc43)cc2)c2cccc3ccccc23)cc1. The van der Waals surface area contributed by atoms with Crippen molar-refractivity contribution in [3.8, 4) is 33.4 Å². The van der Waals surface area contributed by atoms with Crippen molar-refractivity contribution in [1.29, 1.82) is 0 Å². The Morgan fingerprint density at radius 3 is 1.71 bits per heavy atom. The van der Waals surface area contributed by atoms with Gasteiger partial charge in [-0.2, -0.15) is 0 Å². The first kappa shape index (κ1) is 29.1. The number of rotatable bonds is 4. The second kappa shape index (κ2) is 11.2. The van der Waals surface area contributed by atoms with E-state index >= 15 is 0 Å². The average Bonchev–Trinajstić information content (AvgIpc) is 3.69. The summed E-state index contributed by atoms with van der Waals surface area (Å²) in [5, 5.41) is 5.05. The summed E-state index contributed by atoms with van der Waals surface area (Å²) in [7, 11) is 0. The third-order valence-corrected chi connectivity index (χ3v) is 11.5. The van der Waals surface area contributed by atoms with Gasteiger partial charge in [0.1, 0.15) is 0 Å². The van der Waals surface area contributed by atoms with Gasteiger partial charge in [-0.1, -0.05) is 164 Å². The van der Waals surface area contributed by atoms with E-state index in [1.54, 1.807) is 0 Å². The van der Waals surface area contributed by atoms with Gasteiger partial charge < -0.3 is 4.90 Å². The molecule has 0 bridgehead atoms. The Morgan fingerprint density at radius 1 is 0.327 bits per heavy atom. The normalized spacial score (nSPS) is 15.0. The molecule has 2 aliphatic carbocycles. The van der Waals surface area contributed by atoms with Crippen molar-refractivity contribution in [3.63, 3.8) is 0 Å². The van der Waals surface area contributed by atoms with Crippen molar-refractivity contribution in [3.05, 3.63) is 222 Å². The predicted molar refractivity (Wildman–Crippen MR) is 218 cm³/mol. The number of hydrogen-bond acceptors (Lipinski definition) is 1. The molecule has 242 valence electrons. The molecule has 0 heterocycles. The molecule has 9 aromatic carbocycles. The Labute approximate surface area is 303 Å². The van der Waals surface area contributed by atoms with E-state index in [9.17, 15) is 0 Å². The smallest absolute Gasteiger partial charge is 0.0725 e. The molecule has 11 rings (SSSR count). The van der Waals surface area contributed by atoms with Gasteiger partial charge in [-0.25, -0.2) is 0 Å². The summed E-state index contributed by atoms with van der Waals surface area (Å²) >= 11 is 0. The van der Waals surface area contributed by atoms with Gasteiger partial charge in [0.25, 0.3) is 0 Å². The fourth-order valence-corrected chi connectivity index (χ4v) is 9.30. The summed E-state index contributed by atoms with van der Waals surface area (Å²) in [6.45, 7) is 0. The number of hydrogen-bond donors (Lipinski definition) is 0. The molecule has 52 heavy (non-hydrogen) atoms. The van der Waals surface area contributed by atoms with Crippen LogP contribution in [0.2, 0.25) is 0 Å². The number of nitrogens with zero attached hydrogens (tertiary/aromatic N) is 1. The van der Waals surface area contributed by atoms with E-state index in [2.05, 4.69) is 205 Å². The highest BCUT2D eigenvalue weighted by Crippen LogP contribution is 2.64. The number of para-hydroxylation sites is 1. The second-order valence-electron chi connectivity index (χ2n) is 14.0. The van der Waals surface area contributed by atoms with Crippen molar-refractivity contribution in [2.75, 3.05) is 4.90 Å². The summed E-state index contributed by atoms with van der Waals surface area (Å²) in [4.78, 5) is 2.37. The van der Waals surface area contributed by atoms with Crippen LogP contribution in [0.1, 0.15) is 22.3 Å². The van der Waals surface area contributed by atoms with E-state index in [1.807, 2.05) is 0 Å². The molecule has 9 aromatic rings. The molecule has 0 radical (unpaired) electrons. The van der Waals surface area contributed by atoms with Crippen LogP contribution >= 0.6 is 0 Å². The summed E-state index contributed by atoms with van der Waals surface area (Å²) in [6, 6.07) is 73.9. The van der Waals surface area contributed by atoms with Gasteiger partial charge in [0, 0.05) is 16.8 Å². The van der Waals surface area contributed by atoms with Crippen LogP contribution in [-0.4, -0.2) is 0 Å². The molecular formula is C51H33N. The first-order valence-electron chi connectivity index (χ1n) is 18.1. The van der Waals surface area contributed by atoms with E-state index in [0.717, 1.165) is 11.4 Å². The molecule has 0 fully saturated rings. The molecule has 2 aliphatic rings. The van der Waals surface area contributed by atoms with Gasteiger partial charge in [-0.05, 0) is 108 Å². The summed E-state index contributed by atoms with van der Waals surface area (Å²) in [5.74, 6) is 0. The summed E-state index contributed by atoms with van der Waals surface area (Å²) < 4.78 is 0. The van der Waals surface area contributed by atoms with Crippen molar-refractivity contribution in [1.82, 2.24) is 0 Å². The van der Waals surface area contributed by atoms with Gasteiger partial charge in [-0.3, -0.25) is 0 Å². The number of anilines is 3. The summed E-state index contributed by atoms with van der Waals surface area (Å²) in [5.41, 5.74) is 16.3. The molecule has 0 saturated heterocycles. The maximum absolute atomic E-state index is 2.48. The van der Waals surface area contributed by atoms with E-state index in [4.69, 9.17) is 0 Å². The zero-order valence-corrected chi connectivity index (χ0v) is 28.5. The van der Waals surface area contributed by atoms with Crippen molar-refractivity contribution >= 4 is 38.6 Å². The van der Waals surface area contributed by atoms with Crippen LogP contribution in [0.3, 0.4) is 0 Å². The van der Waals surface area contributed by atoms with Crippen molar-refractivity contribution in [2.24, 2.45) is 0 Å². The molecular weight excluding hydrogens is 627 g/mol. The quantitative estimate of drug-likeness (QED) is 0.182. The van der Waals surface area contributed by atoms with Crippen LogP contribution < -0.4 is 4.90 Å². The van der Waals surface area contributed by atoms with Crippen LogP contribution in [0.15, 0.2) is 200 Å². The highest BCUT2D eigenvalue weighted by atomic mass is 15.1. The lowest BCUT2D eigenvalue weighted by Gasteiger charge is -2.31. The van der Waals surface area contributed by atoms with Gasteiger partial charge >= 0.3 is 0 Å². The lowest BCUT2D eigenvalue weighted by molar-refractivity contribution is 0.795. The molecule has 1 atom stereocenters. The third kappa shape index (κ3) is 3.99. The van der Waals surface area contributed by atoms with Gasteiger partial charge in [0.05, 0.1) is 11.1 Å². The lowest BCUT2D eigenvalue weighted by Crippen LogP contribution is -2.25. The minimum atomic E-state index is -0.393. The zero-order chi connectivity index (χ0) is 34.2. The van der Waals surface area contributed by atoms with E-state index in [0.29, 0.717) is 0 Å². The van der Waals surface area contributed by atoms with Crippen LogP contribution in [0.4, 0.5) is 17.1 Å². The minimum absolute atomic E-state index is 0.393. The maximum Gasteiger partial charge on any atom is 0.0725 e. The molecule has 1 heteroatoms. The van der Waals surface area contributed by atoms with Gasteiger partial charge in [0.2, 0.25) is 0 Å². The minimum Gasteiger partial charge on any atom is -0.310 e. The van der Waals surface area contributed by atoms with Gasteiger partial charge in [0.15, 0.2) is 0 Å². The Hall–Kier alpha value is -6.70. The number of benzene rings is 9. The predicted octanol–water partition coefficient (Wildman–Crippen LogP) is 13.5. The third-order valence-electron chi connectivity index (χ3n) is 11.5. The highest BCUT2D eigenvalue weighted by Gasteiger charge is 2.52. The Bertz CT molecular complexity index is 2840. The van der Waals surface area contributed by atoms with E-state index in [-0.39, 0.29) is 0 Å². The first-order chi connectivity index (χ1) is 25.8. The summed E-state index contributed by atoms with van der Waals surface area (Å²) in [6.07, 6.45) is 0. The molecule has 0 aromatic heterocycles. The lowest BCUT2D eigenvalue weighted by atomic mass is 9.70. The second-order valence-corrected chi connectivity index (χ2v) is 14.0. The highest BCUT2D eigenvalue weighted by molar-refractivity contribution is 6.06. The molecule has 0 amide bonds. The van der Waals surface area contributed by atoms with Crippen molar-refractivity contribution < 1.29 is 0 Å². The van der Waals surface area contributed by atoms with E-state index in [1.165, 1.54) is 82.9 Å².